The topological polar surface area (TPSA) is 46.3 Å². The van der Waals surface area contributed by atoms with Crippen LogP contribution >= 0.6 is 22.9 Å². The highest BCUT2D eigenvalue weighted by atomic mass is 35.5. The number of nitrogens with two attached hydrogens (primary N) is 1. The van der Waals surface area contributed by atoms with Crippen LogP contribution in [0.25, 0.3) is 10.1 Å². The van der Waals surface area contributed by atoms with Gasteiger partial charge in [0.1, 0.15) is 0 Å². The molecule has 1 fully saturated rings. The van der Waals surface area contributed by atoms with Crippen molar-refractivity contribution in [2.24, 2.45) is 5.73 Å². The van der Waals surface area contributed by atoms with E-state index in [1.54, 1.807) is 16.2 Å². The van der Waals surface area contributed by atoms with E-state index >= 15 is 0 Å². The van der Waals surface area contributed by atoms with Crippen LogP contribution in [-0.2, 0) is 11.3 Å². The summed E-state index contributed by atoms with van der Waals surface area (Å²) in [5.41, 5.74) is 5.58. The highest BCUT2D eigenvalue weighted by molar-refractivity contribution is 7.19. The van der Waals surface area contributed by atoms with Gasteiger partial charge in [0.25, 0.3) is 0 Å². The third-order valence-corrected chi connectivity index (χ3v) is 5.95. The number of likely N-dealkylation sites (N-methyl/N-ethyl adjacent to an activating group) is 1. The van der Waals surface area contributed by atoms with Crippen LogP contribution in [0.15, 0.2) is 24.3 Å². The molecule has 1 heterocycles. The lowest BCUT2D eigenvalue weighted by atomic mass is 9.97. The van der Waals surface area contributed by atoms with Crippen LogP contribution in [0.5, 0.6) is 0 Å². The average Bonchev–Trinajstić information content (AvgIpc) is 3.05. The second kappa shape index (κ2) is 5.59. The second-order valence-corrected chi connectivity index (χ2v) is 7.37. The van der Waals surface area contributed by atoms with Gasteiger partial charge in [0.05, 0.1) is 17.1 Å². The highest BCUT2D eigenvalue weighted by Crippen LogP contribution is 2.36. The van der Waals surface area contributed by atoms with Crippen LogP contribution in [-0.4, -0.2) is 23.4 Å². The van der Waals surface area contributed by atoms with Crippen molar-refractivity contribution in [1.29, 1.82) is 0 Å². The first-order valence-corrected chi connectivity index (χ1v) is 8.41. The molecule has 1 aliphatic rings. The number of hydrogen-bond donors (Lipinski definition) is 1. The Morgan fingerprint density at radius 3 is 2.71 bits per heavy atom. The maximum atomic E-state index is 12.6. The fourth-order valence-corrected chi connectivity index (χ4v) is 4.60. The van der Waals surface area contributed by atoms with E-state index in [4.69, 9.17) is 17.3 Å². The predicted molar refractivity (Wildman–Crippen MR) is 88.7 cm³/mol. The first-order valence-electron chi connectivity index (χ1n) is 7.22. The maximum absolute atomic E-state index is 12.6. The molecule has 0 unspecified atom stereocenters. The van der Waals surface area contributed by atoms with Gasteiger partial charge in [-0.15, -0.1) is 11.3 Å². The summed E-state index contributed by atoms with van der Waals surface area (Å²) in [7, 11) is 1.82. The van der Waals surface area contributed by atoms with E-state index in [0.717, 1.165) is 45.7 Å². The second-order valence-electron chi connectivity index (χ2n) is 5.86. The van der Waals surface area contributed by atoms with Crippen molar-refractivity contribution in [3.05, 3.63) is 34.2 Å². The first-order chi connectivity index (χ1) is 10.0. The number of halogens is 1. The Labute approximate surface area is 133 Å². The van der Waals surface area contributed by atoms with Gasteiger partial charge in [-0.3, -0.25) is 4.79 Å². The Kier molecular flexibility index (Phi) is 3.95. The van der Waals surface area contributed by atoms with Crippen LogP contribution < -0.4 is 5.73 Å². The van der Waals surface area contributed by atoms with Crippen LogP contribution in [0.3, 0.4) is 0 Å². The van der Waals surface area contributed by atoms with Gasteiger partial charge in [0.15, 0.2) is 0 Å². The third kappa shape index (κ3) is 2.68. The summed E-state index contributed by atoms with van der Waals surface area (Å²) in [4.78, 5) is 15.3. The molecule has 5 heteroatoms. The quantitative estimate of drug-likeness (QED) is 0.934. The number of fused-ring (bicyclic) bond motifs is 1. The van der Waals surface area contributed by atoms with Crippen LogP contribution in [0.2, 0.25) is 5.02 Å². The lowest BCUT2D eigenvalue weighted by Crippen LogP contribution is -2.52. The van der Waals surface area contributed by atoms with Crippen molar-refractivity contribution in [1.82, 2.24) is 4.90 Å². The molecule has 0 saturated heterocycles. The van der Waals surface area contributed by atoms with Crippen LogP contribution in [0.1, 0.15) is 30.6 Å². The summed E-state index contributed by atoms with van der Waals surface area (Å²) < 4.78 is 1.15. The van der Waals surface area contributed by atoms with Crippen molar-refractivity contribution < 1.29 is 4.79 Å². The van der Waals surface area contributed by atoms with Crippen molar-refractivity contribution in [3.8, 4) is 0 Å². The van der Waals surface area contributed by atoms with E-state index in [2.05, 4.69) is 6.07 Å². The molecular formula is C16H19ClN2OS. The summed E-state index contributed by atoms with van der Waals surface area (Å²) in [5, 5.41) is 1.82. The van der Waals surface area contributed by atoms with E-state index in [0.29, 0.717) is 6.54 Å². The zero-order valence-electron chi connectivity index (χ0n) is 12.1. The summed E-state index contributed by atoms with van der Waals surface area (Å²) in [6.07, 6.45) is 3.66. The molecule has 1 saturated carbocycles. The molecule has 1 aliphatic carbocycles. The summed E-state index contributed by atoms with van der Waals surface area (Å²) in [5.74, 6) is 0.0357. The molecule has 112 valence electrons. The number of benzene rings is 1. The van der Waals surface area contributed by atoms with Crippen molar-refractivity contribution >= 4 is 38.9 Å². The number of thiophene rings is 1. The molecule has 1 amide bonds. The molecule has 21 heavy (non-hydrogen) atoms. The largest absolute Gasteiger partial charge is 0.339 e. The number of hydrogen-bond acceptors (Lipinski definition) is 3. The zero-order valence-corrected chi connectivity index (χ0v) is 13.6. The summed E-state index contributed by atoms with van der Waals surface area (Å²) in [6.45, 7) is 0.524. The van der Waals surface area contributed by atoms with Crippen molar-refractivity contribution in [3.63, 3.8) is 0 Å². The maximum Gasteiger partial charge on any atom is 0.242 e. The fraction of sp³-hybridized carbons (Fsp3) is 0.438. The number of carbonyl (C=O) groups is 1. The number of rotatable bonds is 3. The molecule has 3 nitrogen and oxygen atoms in total. The molecule has 3 rings (SSSR count). The van der Waals surface area contributed by atoms with Gasteiger partial charge in [-0.05, 0) is 18.9 Å². The van der Waals surface area contributed by atoms with E-state index < -0.39 is 5.54 Å². The van der Waals surface area contributed by atoms with E-state index in [9.17, 15) is 4.79 Å². The normalized spacial score (nSPS) is 17.3. The molecule has 0 atom stereocenters. The van der Waals surface area contributed by atoms with Gasteiger partial charge in [-0.1, -0.05) is 42.6 Å². The number of amides is 1. The van der Waals surface area contributed by atoms with Gasteiger partial charge in [-0.25, -0.2) is 0 Å². The lowest BCUT2D eigenvalue weighted by molar-refractivity contribution is -0.136. The molecular weight excluding hydrogens is 304 g/mol. The smallest absolute Gasteiger partial charge is 0.242 e. The standard InChI is InChI=1S/C16H19ClN2OS/c1-19(15(20)16(18)8-4-5-9-16)10-13-14(17)11-6-2-3-7-12(11)21-13/h2-3,6-7H,4-5,8-10,18H2,1H3. The van der Waals surface area contributed by atoms with Gasteiger partial charge >= 0.3 is 0 Å². The molecule has 2 N–H and O–H groups in total. The van der Waals surface area contributed by atoms with E-state index in [1.165, 1.54) is 0 Å². The Bertz CT molecular complexity index is 676. The minimum Gasteiger partial charge on any atom is -0.339 e. The lowest BCUT2D eigenvalue weighted by Gasteiger charge is -2.28. The van der Waals surface area contributed by atoms with Gasteiger partial charge in [-0.2, -0.15) is 0 Å². The molecule has 0 spiro atoms. The zero-order chi connectivity index (χ0) is 15.0. The number of nitrogens with zero attached hydrogens (tertiary/aromatic N) is 1. The Balaban J connectivity index is 1.81. The van der Waals surface area contributed by atoms with Gasteiger partial charge in [0.2, 0.25) is 5.91 Å². The molecule has 0 aliphatic heterocycles. The van der Waals surface area contributed by atoms with Crippen LogP contribution in [0, 0.1) is 0 Å². The summed E-state index contributed by atoms with van der Waals surface area (Å²) in [6, 6.07) is 8.05. The van der Waals surface area contributed by atoms with E-state index in [-0.39, 0.29) is 5.91 Å². The SMILES string of the molecule is CN(Cc1sc2ccccc2c1Cl)C(=O)C1(N)CCCC1. The van der Waals surface area contributed by atoms with Gasteiger partial charge < -0.3 is 10.6 Å². The van der Waals surface area contributed by atoms with E-state index in [1.807, 2.05) is 25.2 Å². The Morgan fingerprint density at radius 1 is 1.38 bits per heavy atom. The molecule has 1 aromatic heterocycles. The van der Waals surface area contributed by atoms with Crippen molar-refractivity contribution in [2.45, 2.75) is 37.8 Å². The highest BCUT2D eigenvalue weighted by Gasteiger charge is 2.39. The van der Waals surface area contributed by atoms with Crippen LogP contribution in [0.4, 0.5) is 0 Å². The molecule has 2 aromatic rings. The fourth-order valence-electron chi connectivity index (χ4n) is 3.05. The average molecular weight is 323 g/mol. The predicted octanol–water partition coefficient (Wildman–Crippen LogP) is 3.78. The molecule has 0 bridgehead atoms. The third-order valence-electron chi connectivity index (χ3n) is 4.25. The van der Waals surface area contributed by atoms with Crippen molar-refractivity contribution in [2.75, 3.05) is 7.05 Å². The summed E-state index contributed by atoms with van der Waals surface area (Å²) >= 11 is 8.09. The monoisotopic (exact) mass is 322 g/mol. The molecule has 0 radical (unpaired) electrons. The minimum atomic E-state index is -0.669. The Morgan fingerprint density at radius 2 is 2.05 bits per heavy atom. The Hall–Kier alpha value is -1.10. The van der Waals surface area contributed by atoms with Gasteiger partial charge in [0, 0.05) is 22.0 Å². The number of carbonyl (C=O) groups excluding carboxylic acids is 1. The molecule has 1 aromatic carbocycles. The minimum absolute atomic E-state index is 0.0357. The first kappa shape index (κ1) is 14.8.